The van der Waals surface area contributed by atoms with Crippen molar-refractivity contribution in [3.05, 3.63) is 47.3 Å². The minimum Gasteiger partial charge on any atom is -0.508 e. The van der Waals surface area contributed by atoms with Gasteiger partial charge in [0.25, 0.3) is 0 Å². The van der Waals surface area contributed by atoms with E-state index in [1.165, 1.54) is 12.1 Å². The van der Waals surface area contributed by atoms with Crippen LogP contribution in [0.25, 0.3) is 0 Å². The molecule has 6 nitrogen and oxygen atoms in total. The van der Waals surface area contributed by atoms with E-state index in [0.717, 1.165) is 11.3 Å². The largest absolute Gasteiger partial charge is 0.508 e. The summed E-state index contributed by atoms with van der Waals surface area (Å²) in [5.74, 6) is -0.208. The van der Waals surface area contributed by atoms with Crippen molar-refractivity contribution < 1.29 is 15.0 Å². The second kappa shape index (κ2) is 6.42. The van der Waals surface area contributed by atoms with Gasteiger partial charge in [-0.25, -0.2) is 0 Å². The number of nitrogens with one attached hydrogen (secondary N) is 1. The van der Waals surface area contributed by atoms with Crippen LogP contribution in [0.4, 0.5) is 0 Å². The second-order valence-electron chi connectivity index (χ2n) is 6.28. The Morgan fingerprint density at radius 1 is 1.43 bits per heavy atom. The van der Waals surface area contributed by atoms with E-state index in [9.17, 15) is 15.0 Å². The molecule has 0 saturated carbocycles. The predicted molar refractivity (Wildman–Crippen MR) is 86.6 cm³/mol. The zero-order valence-electron chi connectivity index (χ0n) is 13.9. The highest BCUT2D eigenvalue weighted by atomic mass is 16.3. The molecule has 0 saturated heterocycles. The molecule has 1 heterocycles. The van der Waals surface area contributed by atoms with Crippen molar-refractivity contribution in [2.24, 2.45) is 12.5 Å². The van der Waals surface area contributed by atoms with Crippen LogP contribution in [0.15, 0.2) is 30.5 Å². The van der Waals surface area contributed by atoms with Crippen LogP contribution in [0.5, 0.6) is 5.75 Å². The van der Waals surface area contributed by atoms with Gasteiger partial charge in [0.05, 0.1) is 17.7 Å². The molecule has 1 aromatic heterocycles. The molecule has 0 aliphatic carbocycles. The predicted octanol–water partition coefficient (Wildman–Crippen LogP) is 1.81. The SMILES string of the molecule is Cc1c(CNC(=O)C(C)(C)[C@H](O)c2cccc(O)c2)cnn1C. The third kappa shape index (κ3) is 3.53. The van der Waals surface area contributed by atoms with Crippen molar-refractivity contribution in [2.75, 3.05) is 0 Å². The minimum atomic E-state index is -1.04. The van der Waals surface area contributed by atoms with Gasteiger partial charge >= 0.3 is 0 Å². The zero-order valence-corrected chi connectivity index (χ0v) is 13.9. The molecule has 23 heavy (non-hydrogen) atoms. The first-order valence-electron chi connectivity index (χ1n) is 7.46. The van der Waals surface area contributed by atoms with E-state index in [2.05, 4.69) is 10.4 Å². The number of nitrogens with zero attached hydrogens (tertiary/aromatic N) is 2. The Balaban J connectivity index is 2.08. The van der Waals surface area contributed by atoms with Crippen molar-refractivity contribution in [3.63, 3.8) is 0 Å². The van der Waals surface area contributed by atoms with Crippen LogP contribution >= 0.6 is 0 Å². The number of aliphatic hydroxyl groups excluding tert-OH is 1. The molecule has 6 heteroatoms. The smallest absolute Gasteiger partial charge is 0.228 e. The van der Waals surface area contributed by atoms with Gasteiger partial charge in [-0.05, 0) is 38.5 Å². The Kier molecular flexibility index (Phi) is 4.75. The van der Waals surface area contributed by atoms with Crippen LogP contribution < -0.4 is 5.32 Å². The molecule has 0 aliphatic rings. The summed E-state index contributed by atoms with van der Waals surface area (Å²) < 4.78 is 1.74. The van der Waals surface area contributed by atoms with Gasteiger partial charge in [0.2, 0.25) is 5.91 Å². The molecule has 0 fully saturated rings. The summed E-state index contributed by atoms with van der Waals surface area (Å²) in [5, 5.41) is 27.0. The normalized spacial score (nSPS) is 12.9. The van der Waals surface area contributed by atoms with Gasteiger partial charge in [-0.2, -0.15) is 5.10 Å². The topological polar surface area (TPSA) is 87.4 Å². The van der Waals surface area contributed by atoms with E-state index in [-0.39, 0.29) is 11.7 Å². The van der Waals surface area contributed by atoms with Crippen molar-refractivity contribution in [1.29, 1.82) is 0 Å². The molecule has 0 spiro atoms. The third-order valence-corrected chi connectivity index (χ3v) is 4.23. The van der Waals surface area contributed by atoms with Crippen molar-refractivity contribution in [3.8, 4) is 5.75 Å². The van der Waals surface area contributed by atoms with Gasteiger partial charge in [-0.15, -0.1) is 0 Å². The number of aryl methyl sites for hydroxylation is 1. The summed E-state index contributed by atoms with van der Waals surface area (Å²) in [5.41, 5.74) is 1.38. The van der Waals surface area contributed by atoms with Gasteiger partial charge in [0.15, 0.2) is 0 Å². The van der Waals surface area contributed by atoms with Crippen LogP contribution in [-0.4, -0.2) is 25.9 Å². The minimum absolute atomic E-state index is 0.0590. The second-order valence-corrected chi connectivity index (χ2v) is 6.28. The Bertz CT molecular complexity index is 707. The first-order chi connectivity index (χ1) is 10.7. The number of benzene rings is 1. The van der Waals surface area contributed by atoms with Gasteiger partial charge in [0.1, 0.15) is 5.75 Å². The van der Waals surface area contributed by atoms with Gasteiger partial charge in [-0.1, -0.05) is 12.1 Å². The monoisotopic (exact) mass is 317 g/mol. The number of amides is 1. The maximum atomic E-state index is 12.5. The lowest BCUT2D eigenvalue weighted by Crippen LogP contribution is -2.40. The fraction of sp³-hybridized carbons (Fsp3) is 0.412. The highest BCUT2D eigenvalue weighted by molar-refractivity contribution is 5.82. The van der Waals surface area contributed by atoms with Crippen LogP contribution in [-0.2, 0) is 18.4 Å². The quantitative estimate of drug-likeness (QED) is 0.785. The molecule has 1 aromatic carbocycles. The van der Waals surface area contributed by atoms with Crippen molar-refractivity contribution in [2.45, 2.75) is 33.4 Å². The maximum absolute atomic E-state index is 12.5. The fourth-order valence-electron chi connectivity index (χ4n) is 2.36. The van der Waals surface area contributed by atoms with E-state index in [1.54, 1.807) is 36.9 Å². The van der Waals surface area contributed by atoms with E-state index in [1.807, 2.05) is 14.0 Å². The van der Waals surface area contributed by atoms with E-state index < -0.39 is 11.5 Å². The number of aromatic hydroxyl groups is 1. The molecule has 1 amide bonds. The zero-order chi connectivity index (χ0) is 17.2. The van der Waals surface area contributed by atoms with Crippen LogP contribution in [0, 0.1) is 12.3 Å². The molecular weight excluding hydrogens is 294 g/mol. The lowest BCUT2D eigenvalue weighted by atomic mass is 9.81. The molecular formula is C17H23N3O3. The molecule has 0 unspecified atom stereocenters. The summed E-state index contributed by atoms with van der Waals surface area (Å²) in [6.45, 7) is 5.64. The molecule has 0 aliphatic heterocycles. The Morgan fingerprint density at radius 2 is 2.13 bits per heavy atom. The van der Waals surface area contributed by atoms with E-state index in [0.29, 0.717) is 12.1 Å². The summed E-state index contributed by atoms with van der Waals surface area (Å²) in [6.07, 6.45) is 0.693. The number of phenols is 1. The number of hydrogen-bond donors (Lipinski definition) is 3. The summed E-state index contributed by atoms with van der Waals surface area (Å²) in [4.78, 5) is 12.5. The van der Waals surface area contributed by atoms with Gasteiger partial charge < -0.3 is 15.5 Å². The number of aliphatic hydroxyl groups is 1. The van der Waals surface area contributed by atoms with Gasteiger partial charge in [-0.3, -0.25) is 9.48 Å². The number of carbonyl (C=O) groups excluding carboxylic acids is 1. The van der Waals surface area contributed by atoms with E-state index >= 15 is 0 Å². The van der Waals surface area contributed by atoms with Crippen molar-refractivity contribution in [1.82, 2.24) is 15.1 Å². The highest BCUT2D eigenvalue weighted by Crippen LogP contribution is 2.34. The van der Waals surface area contributed by atoms with Gasteiger partial charge in [0, 0.05) is 24.8 Å². The number of hydrogen-bond acceptors (Lipinski definition) is 4. The number of rotatable bonds is 5. The molecule has 0 bridgehead atoms. The molecule has 1 atom stereocenters. The average molecular weight is 317 g/mol. The Hall–Kier alpha value is -2.34. The first kappa shape index (κ1) is 17.0. The van der Waals surface area contributed by atoms with Crippen molar-refractivity contribution >= 4 is 5.91 Å². The van der Waals surface area contributed by atoms with Crippen LogP contribution in [0.2, 0.25) is 0 Å². The first-order valence-corrected chi connectivity index (χ1v) is 7.46. The molecule has 3 N–H and O–H groups in total. The number of aromatic nitrogens is 2. The van der Waals surface area contributed by atoms with Crippen LogP contribution in [0.3, 0.4) is 0 Å². The lowest BCUT2D eigenvalue weighted by Gasteiger charge is -2.29. The lowest BCUT2D eigenvalue weighted by molar-refractivity contribution is -0.135. The maximum Gasteiger partial charge on any atom is 0.228 e. The molecule has 0 radical (unpaired) electrons. The fourth-order valence-corrected chi connectivity index (χ4v) is 2.36. The molecule has 2 aromatic rings. The Morgan fingerprint density at radius 3 is 2.70 bits per heavy atom. The summed E-state index contributed by atoms with van der Waals surface area (Å²) >= 11 is 0. The summed E-state index contributed by atoms with van der Waals surface area (Å²) in [7, 11) is 1.84. The van der Waals surface area contributed by atoms with E-state index in [4.69, 9.17) is 0 Å². The standard InChI is InChI=1S/C17H23N3O3/c1-11-13(10-19-20(11)4)9-18-16(23)17(2,3)15(22)12-6-5-7-14(21)8-12/h5-8,10,15,21-22H,9H2,1-4H3,(H,18,23)/t15-/m1/s1. The third-order valence-electron chi connectivity index (χ3n) is 4.23. The highest BCUT2D eigenvalue weighted by Gasteiger charge is 2.36. The summed E-state index contributed by atoms with van der Waals surface area (Å²) in [6, 6.07) is 6.31. The average Bonchev–Trinajstić information content (AvgIpc) is 2.83. The number of phenolic OH excluding ortho intramolecular Hbond substituents is 1. The Labute approximate surface area is 135 Å². The molecule has 124 valence electrons. The van der Waals surface area contributed by atoms with Crippen LogP contribution in [0.1, 0.15) is 36.8 Å². The number of carbonyl (C=O) groups is 1. The molecule has 2 rings (SSSR count).